The van der Waals surface area contributed by atoms with Crippen LogP contribution in [0.25, 0.3) is 12.3 Å². The summed E-state index contributed by atoms with van der Waals surface area (Å²) in [6.45, 7) is 0. The first-order chi connectivity index (χ1) is 4.97. The van der Waals surface area contributed by atoms with E-state index in [4.69, 9.17) is 0 Å². The highest BCUT2D eigenvalue weighted by atomic mass is 127. The third kappa shape index (κ3) is 0.955. The Morgan fingerprint density at radius 3 is 3.60 bits per heavy atom. The highest BCUT2D eigenvalue weighted by Crippen LogP contribution is 2.05. The highest BCUT2D eigenvalue weighted by Gasteiger charge is 1.95. The molecule has 0 amide bonds. The Hall–Kier alpha value is -0.740. The van der Waals surface area contributed by atoms with E-state index in [0.29, 0.717) is 0 Å². The lowest BCUT2D eigenvalue weighted by Gasteiger charge is -1.88. The summed E-state index contributed by atoms with van der Waals surface area (Å²) in [5.74, 6) is 0.869. The van der Waals surface area contributed by atoms with Gasteiger partial charge in [-0.1, -0.05) is 3.67 Å². The third-order valence-electron chi connectivity index (χ3n) is 1.11. The molecule has 0 bridgehead atoms. The van der Waals surface area contributed by atoms with E-state index < -0.39 is 0 Å². The average molecular weight is 245 g/mol. The molecule has 0 aromatic carbocycles. The summed E-state index contributed by atoms with van der Waals surface area (Å²) in [4.78, 5) is 4.02. The van der Waals surface area contributed by atoms with Crippen LogP contribution in [0.5, 0.6) is 0 Å². The quantitative estimate of drug-likeness (QED) is 0.641. The fourth-order valence-corrected chi connectivity index (χ4v) is 1.81. The number of hydrogen-bond acceptors (Lipinski definition) is 2. The maximum Gasteiger partial charge on any atom is 0.163 e. The van der Waals surface area contributed by atoms with E-state index in [1.165, 1.54) is 0 Å². The summed E-state index contributed by atoms with van der Waals surface area (Å²) in [5, 5.41) is 3.98. The maximum atomic E-state index is 4.02. The Labute approximate surface area is 67.8 Å². The van der Waals surface area contributed by atoms with Crippen LogP contribution in [0.1, 0.15) is 5.82 Å². The zero-order chi connectivity index (χ0) is 6.81. The minimum Gasteiger partial charge on any atom is -0.220 e. The number of nitrogens with zero attached hydrogens (tertiary/aromatic N) is 3. The zero-order valence-electron chi connectivity index (χ0n) is 5.03. The molecule has 1 aliphatic rings. The van der Waals surface area contributed by atoms with Crippen molar-refractivity contribution in [3.63, 3.8) is 0 Å². The lowest BCUT2D eigenvalue weighted by Crippen LogP contribution is -1.90. The van der Waals surface area contributed by atoms with E-state index in [2.05, 4.69) is 17.8 Å². The molecular formula is C6H4IN3. The van der Waals surface area contributed by atoms with Gasteiger partial charge in [0.2, 0.25) is 0 Å². The van der Waals surface area contributed by atoms with Crippen molar-refractivity contribution in [3.8, 4) is 0 Å². The first-order valence-corrected chi connectivity index (χ1v) is 5.06. The number of hydrogen-bond donors (Lipinski definition) is 0. The predicted octanol–water partition coefficient (Wildman–Crippen LogP) is 1.10. The van der Waals surface area contributed by atoms with E-state index in [-0.39, 0.29) is 20.7 Å². The Bertz CT molecular complexity index is 331. The molecule has 0 spiro atoms. The first-order valence-electron chi connectivity index (χ1n) is 2.74. The zero-order valence-corrected chi connectivity index (χ0v) is 7.19. The molecule has 0 unspecified atom stereocenters. The number of rotatable bonds is 0. The molecule has 0 radical (unpaired) electrons. The van der Waals surface area contributed by atoms with Crippen molar-refractivity contribution in [2.45, 2.75) is 0 Å². The Balaban J connectivity index is 2.68. The summed E-state index contributed by atoms with van der Waals surface area (Å²) < 4.78 is 7.01. The van der Waals surface area contributed by atoms with Crippen LogP contribution in [0.2, 0.25) is 0 Å². The van der Waals surface area contributed by atoms with Gasteiger partial charge in [-0.25, -0.2) is 9.67 Å². The van der Waals surface area contributed by atoms with Crippen molar-refractivity contribution in [3.05, 3.63) is 16.2 Å². The summed E-state index contributed by atoms with van der Waals surface area (Å²) in [6, 6.07) is 0. The molecule has 4 heteroatoms. The minimum absolute atomic E-state index is 0.0219. The van der Waals surface area contributed by atoms with E-state index in [9.17, 15) is 0 Å². The van der Waals surface area contributed by atoms with Crippen LogP contribution in [0.3, 0.4) is 0 Å². The molecule has 2 rings (SSSR count). The first kappa shape index (κ1) is 6.00. The summed E-state index contributed by atoms with van der Waals surface area (Å²) >= 11 is -0.0219. The van der Waals surface area contributed by atoms with Gasteiger partial charge in [-0.05, 0) is 24.8 Å². The van der Waals surface area contributed by atoms with E-state index in [1.807, 2.05) is 12.3 Å². The Morgan fingerprint density at radius 1 is 1.60 bits per heavy atom. The van der Waals surface area contributed by atoms with Crippen LogP contribution in [-0.2, 0) is 0 Å². The lowest BCUT2D eigenvalue weighted by atomic mass is 10.6. The van der Waals surface area contributed by atoms with Gasteiger partial charge in [0.1, 0.15) is 6.33 Å². The van der Waals surface area contributed by atoms with Gasteiger partial charge < -0.3 is 0 Å². The second-order valence-electron chi connectivity index (χ2n) is 1.70. The van der Waals surface area contributed by atoms with Gasteiger partial charge in [0.05, 0.1) is 0 Å². The molecule has 10 heavy (non-hydrogen) atoms. The van der Waals surface area contributed by atoms with Crippen LogP contribution in [0, 0.1) is 0 Å². The molecule has 0 aliphatic carbocycles. The second kappa shape index (κ2) is 2.48. The molecule has 0 fully saturated rings. The van der Waals surface area contributed by atoms with Gasteiger partial charge in [0.25, 0.3) is 0 Å². The second-order valence-corrected chi connectivity index (χ2v) is 3.67. The number of fused-ring (bicyclic) bond motifs is 1. The van der Waals surface area contributed by atoms with Crippen LogP contribution in [0.4, 0.5) is 0 Å². The van der Waals surface area contributed by atoms with Crippen LogP contribution < -0.4 is 0 Å². The van der Waals surface area contributed by atoms with Crippen molar-refractivity contribution in [1.29, 1.82) is 0 Å². The average Bonchev–Trinajstić information content (AvgIpc) is 2.28. The third-order valence-corrected chi connectivity index (χ3v) is 2.46. The van der Waals surface area contributed by atoms with Crippen molar-refractivity contribution in [1.82, 2.24) is 14.8 Å². The number of halogens is 1. The monoisotopic (exact) mass is 245 g/mol. The van der Waals surface area contributed by atoms with Gasteiger partial charge in [-0.3, -0.25) is 0 Å². The van der Waals surface area contributed by atoms with Gasteiger partial charge >= 0.3 is 0 Å². The van der Waals surface area contributed by atoms with Crippen LogP contribution in [-0.4, -0.2) is 18.4 Å². The van der Waals surface area contributed by atoms with Crippen molar-refractivity contribution in [2.24, 2.45) is 0 Å². The Kier molecular flexibility index (Phi) is 1.49. The van der Waals surface area contributed by atoms with Crippen LogP contribution >= 0.6 is 20.7 Å². The molecule has 0 saturated carbocycles. The van der Waals surface area contributed by atoms with Crippen molar-refractivity contribution < 1.29 is 0 Å². The minimum atomic E-state index is -0.0219. The molecule has 1 aromatic heterocycles. The van der Waals surface area contributed by atoms with Crippen molar-refractivity contribution >= 4 is 36.7 Å². The molecule has 1 aromatic rings. The normalized spacial score (nSPS) is 14.0. The molecule has 0 N–H and O–H groups in total. The summed E-state index contributed by atoms with van der Waals surface area (Å²) in [7, 11) is 0. The van der Waals surface area contributed by atoms with Gasteiger partial charge in [-0.15, -0.1) is 0 Å². The SMILES string of the molecule is C1=Cc2ncnn2C=CI=1. The summed E-state index contributed by atoms with van der Waals surface area (Å²) in [6.07, 6.45) is 5.37. The molecule has 0 atom stereocenters. The molecule has 3 nitrogen and oxygen atoms in total. The highest BCUT2D eigenvalue weighted by molar-refractivity contribution is 14.2. The van der Waals surface area contributed by atoms with Crippen molar-refractivity contribution in [2.75, 3.05) is 0 Å². The van der Waals surface area contributed by atoms with Gasteiger partial charge in [-0.2, -0.15) is 5.10 Å². The molecule has 1 aliphatic heterocycles. The molecule has 2 heterocycles. The molecular weight excluding hydrogens is 241 g/mol. The number of aromatic nitrogens is 3. The van der Waals surface area contributed by atoms with E-state index >= 15 is 0 Å². The smallest absolute Gasteiger partial charge is 0.163 e. The van der Waals surface area contributed by atoms with Gasteiger partial charge in [0.15, 0.2) is 5.82 Å². The topological polar surface area (TPSA) is 30.7 Å². The summed E-state index contributed by atoms with van der Waals surface area (Å²) in [5.41, 5.74) is 0. The molecule has 0 saturated heterocycles. The lowest BCUT2D eigenvalue weighted by molar-refractivity contribution is 0.924. The van der Waals surface area contributed by atoms with Gasteiger partial charge in [0, 0.05) is 12.3 Å². The van der Waals surface area contributed by atoms with Crippen LogP contribution in [0.15, 0.2) is 10.4 Å². The predicted molar refractivity (Wildman–Crippen MR) is 48.8 cm³/mol. The maximum absolute atomic E-state index is 4.02. The largest absolute Gasteiger partial charge is 0.220 e. The standard InChI is InChI=1S/C6H4IN3/c1-2-7-3-4-10-6(1)8-5-9-10/h1,3-5H. The van der Waals surface area contributed by atoms with E-state index in [1.54, 1.807) is 11.0 Å². The van der Waals surface area contributed by atoms with E-state index in [0.717, 1.165) is 5.82 Å². The Morgan fingerprint density at radius 2 is 2.60 bits per heavy atom. The fourth-order valence-electron chi connectivity index (χ4n) is 0.675. The molecule has 50 valence electrons. The fraction of sp³-hybridized carbons (Fsp3) is 0.